The smallest absolute Gasteiger partial charge is 0.101 e. The van der Waals surface area contributed by atoms with E-state index >= 15 is 0 Å². The minimum atomic E-state index is -1.14. The molecule has 0 amide bonds. The Kier molecular flexibility index (Phi) is 11.7. The molecule has 0 aliphatic heterocycles. The van der Waals surface area contributed by atoms with Gasteiger partial charge in [-0.1, -0.05) is 47.5 Å². The number of anilines is 2. The maximum absolute atomic E-state index is 10.7. The minimum absolute atomic E-state index is 0.0590. The molecule has 0 bridgehead atoms. The quantitative estimate of drug-likeness (QED) is 0.361. The maximum atomic E-state index is 10.7. The molecule has 0 aromatic heterocycles. The zero-order chi connectivity index (χ0) is 22.6. The third-order valence-corrected chi connectivity index (χ3v) is 5.13. The molecule has 9 heteroatoms. The summed E-state index contributed by atoms with van der Waals surface area (Å²) < 4.78 is 0. The number of carbonyl (C=O) groups excluding carboxylic acids is 1. The maximum Gasteiger partial charge on any atom is 0.101 e. The number of carboxylic acid groups (broad SMARTS) is 1. The molecule has 7 nitrogen and oxygen atoms in total. The summed E-state index contributed by atoms with van der Waals surface area (Å²) in [4.78, 5) is 10.7. The molecular weight excluding hydrogens is 431 g/mol. The highest BCUT2D eigenvalue weighted by molar-refractivity contribution is 6.39. The lowest BCUT2D eigenvalue weighted by Crippen LogP contribution is -2.73. The van der Waals surface area contributed by atoms with Crippen molar-refractivity contribution in [1.82, 2.24) is 0 Å². The predicted molar refractivity (Wildman–Crippen MR) is 116 cm³/mol. The van der Waals surface area contributed by atoms with E-state index in [0.717, 1.165) is 0 Å². The van der Waals surface area contributed by atoms with E-state index < -0.39 is 5.97 Å². The monoisotopic (exact) mass is 458 g/mol. The summed E-state index contributed by atoms with van der Waals surface area (Å²) in [6.07, 6.45) is 1.43. The summed E-state index contributed by atoms with van der Waals surface area (Å²) in [6, 6.07) is 12.2. The number of carbonyl (C=O) groups is 1. The number of halogens is 2. The van der Waals surface area contributed by atoms with E-state index in [0.29, 0.717) is 46.2 Å². The van der Waals surface area contributed by atoms with Crippen LogP contribution in [0, 0.1) is 0 Å². The average Bonchev–Trinajstić information content (AvgIpc) is 2.67. The molecule has 0 atom stereocenters. The van der Waals surface area contributed by atoms with Gasteiger partial charge in [-0.25, -0.2) is 0 Å². The molecule has 2 aromatic carbocycles. The fraction of sp³-hybridized carbons (Fsp3) is 0.381. The Balaban J connectivity index is 0.000000352. The van der Waals surface area contributed by atoms with Gasteiger partial charge in [0, 0.05) is 57.2 Å². The number of nitrogens with one attached hydrogen (secondary N) is 1. The number of aliphatic hydroxyl groups excluding tert-OH is 3. The summed E-state index contributed by atoms with van der Waals surface area (Å²) in [6.45, 7) is 0.177. The Morgan fingerprint density at radius 1 is 0.933 bits per heavy atom. The molecule has 0 saturated carbocycles. The van der Waals surface area contributed by atoms with Crippen LogP contribution < -0.4 is 16.2 Å². The number of aliphatic carboxylic acids is 1. The zero-order valence-corrected chi connectivity index (χ0v) is 18.1. The van der Waals surface area contributed by atoms with Crippen molar-refractivity contribution in [1.29, 1.82) is 0 Å². The van der Waals surface area contributed by atoms with Crippen LogP contribution >= 0.6 is 23.2 Å². The van der Waals surface area contributed by atoms with E-state index in [1.807, 2.05) is 0 Å². The Labute approximate surface area is 186 Å². The Hall–Kier alpha value is -1.87. The number of benzene rings is 2. The molecule has 2 aromatic rings. The van der Waals surface area contributed by atoms with Gasteiger partial charge in [0.05, 0.1) is 15.7 Å². The molecule has 0 spiro atoms. The van der Waals surface area contributed by atoms with Crippen molar-refractivity contribution in [3.63, 3.8) is 0 Å². The Bertz CT molecular complexity index is 767. The van der Waals surface area contributed by atoms with Crippen molar-refractivity contribution in [2.75, 3.05) is 25.1 Å². The predicted octanol–water partition coefficient (Wildman–Crippen LogP) is 1.14. The summed E-state index contributed by atoms with van der Waals surface area (Å²) in [5.74, 6) is -1.14. The molecule has 0 aliphatic rings. The number of rotatable bonds is 10. The van der Waals surface area contributed by atoms with E-state index in [-0.39, 0.29) is 31.8 Å². The van der Waals surface area contributed by atoms with E-state index in [1.54, 1.807) is 42.5 Å². The molecular formula is C21H28Cl2N2O5. The van der Waals surface area contributed by atoms with Crippen molar-refractivity contribution in [3.8, 4) is 0 Å². The Morgan fingerprint density at radius 3 is 1.90 bits per heavy atom. The van der Waals surface area contributed by atoms with Gasteiger partial charge in [0.25, 0.3) is 0 Å². The molecule has 2 rings (SSSR count). The molecule has 7 N–H and O–H groups in total. The molecule has 0 unspecified atom stereocenters. The van der Waals surface area contributed by atoms with Crippen molar-refractivity contribution in [2.45, 2.75) is 31.2 Å². The molecule has 0 aliphatic carbocycles. The topological polar surface area (TPSA) is 140 Å². The summed E-state index contributed by atoms with van der Waals surface area (Å²) in [5.41, 5.74) is 5.31. The highest BCUT2D eigenvalue weighted by Crippen LogP contribution is 2.33. The second kappa shape index (κ2) is 13.4. The number of quaternary nitrogens is 1. The van der Waals surface area contributed by atoms with Gasteiger partial charge in [-0.2, -0.15) is 0 Å². The SMILES string of the molecule is O=C([O-])Cc1ccccc1Nc1c(Cl)cccc1Cl.[NH3+]C(CCO)(CCO)CCO. The lowest BCUT2D eigenvalue weighted by atomic mass is 9.90. The molecule has 0 heterocycles. The van der Waals surface area contributed by atoms with Gasteiger partial charge in [-0.05, 0) is 23.8 Å². The fourth-order valence-corrected chi connectivity index (χ4v) is 3.28. The lowest BCUT2D eigenvalue weighted by Gasteiger charge is -2.22. The van der Waals surface area contributed by atoms with Crippen molar-refractivity contribution in [2.24, 2.45) is 0 Å². The van der Waals surface area contributed by atoms with Gasteiger partial charge < -0.3 is 36.3 Å². The fourth-order valence-electron chi connectivity index (χ4n) is 2.79. The van der Waals surface area contributed by atoms with Crippen LogP contribution in [0.3, 0.4) is 0 Å². The second-order valence-corrected chi connectivity index (χ2v) is 7.66. The van der Waals surface area contributed by atoms with Gasteiger partial charge in [-0.3, -0.25) is 0 Å². The number of hydrogen-bond donors (Lipinski definition) is 5. The molecule has 0 fully saturated rings. The first kappa shape index (κ1) is 26.2. The van der Waals surface area contributed by atoms with Gasteiger partial charge in [0.1, 0.15) is 5.54 Å². The third kappa shape index (κ3) is 8.87. The van der Waals surface area contributed by atoms with Gasteiger partial charge in [0.2, 0.25) is 0 Å². The van der Waals surface area contributed by atoms with Crippen LogP contribution in [0.5, 0.6) is 0 Å². The standard InChI is InChI=1S/C14H11Cl2NO2.C7H17NO3/c15-10-5-3-6-11(16)14(10)17-12-7-2-1-4-9(12)8-13(18)19;8-7(1-4-9,2-5-10)3-6-11/h1-7,17H,8H2,(H,18,19);9-11H,1-6,8H2. The number of aliphatic hydroxyl groups is 3. The summed E-state index contributed by atoms with van der Waals surface area (Å²) >= 11 is 12.1. The second-order valence-electron chi connectivity index (χ2n) is 6.85. The van der Waals surface area contributed by atoms with Crippen LogP contribution in [0.15, 0.2) is 42.5 Å². The number of para-hydroxylation sites is 2. The highest BCUT2D eigenvalue weighted by Gasteiger charge is 2.27. The van der Waals surface area contributed by atoms with Crippen molar-refractivity contribution in [3.05, 3.63) is 58.1 Å². The van der Waals surface area contributed by atoms with Crippen molar-refractivity contribution < 1.29 is 31.0 Å². The van der Waals surface area contributed by atoms with E-state index in [2.05, 4.69) is 11.1 Å². The van der Waals surface area contributed by atoms with E-state index in [9.17, 15) is 9.90 Å². The van der Waals surface area contributed by atoms with E-state index in [4.69, 9.17) is 38.5 Å². The largest absolute Gasteiger partial charge is 0.550 e. The first-order valence-electron chi connectivity index (χ1n) is 9.43. The van der Waals surface area contributed by atoms with Crippen LogP contribution in [-0.2, 0) is 11.2 Å². The van der Waals surface area contributed by atoms with Crippen molar-refractivity contribution >= 4 is 40.5 Å². The lowest BCUT2D eigenvalue weighted by molar-refractivity contribution is -0.485. The molecule has 0 saturated heterocycles. The van der Waals surface area contributed by atoms with Crippen LogP contribution in [0.25, 0.3) is 0 Å². The molecule has 166 valence electrons. The van der Waals surface area contributed by atoms with Gasteiger partial charge in [0.15, 0.2) is 0 Å². The molecule has 30 heavy (non-hydrogen) atoms. The minimum Gasteiger partial charge on any atom is -0.550 e. The third-order valence-electron chi connectivity index (χ3n) is 4.50. The van der Waals surface area contributed by atoms with Crippen LogP contribution in [0.4, 0.5) is 11.4 Å². The average molecular weight is 459 g/mol. The molecule has 0 radical (unpaired) electrons. The number of hydrogen-bond acceptors (Lipinski definition) is 6. The van der Waals surface area contributed by atoms with Gasteiger partial charge in [-0.15, -0.1) is 0 Å². The first-order valence-corrected chi connectivity index (χ1v) is 10.2. The summed E-state index contributed by atoms with van der Waals surface area (Å²) in [5, 5.41) is 40.7. The van der Waals surface area contributed by atoms with E-state index in [1.165, 1.54) is 0 Å². The number of carboxylic acids is 1. The van der Waals surface area contributed by atoms with Crippen LogP contribution in [0.1, 0.15) is 24.8 Å². The summed E-state index contributed by atoms with van der Waals surface area (Å²) in [7, 11) is 0. The Morgan fingerprint density at radius 2 is 1.43 bits per heavy atom. The normalized spacial score (nSPS) is 10.9. The van der Waals surface area contributed by atoms with Crippen LogP contribution in [0.2, 0.25) is 10.0 Å². The highest BCUT2D eigenvalue weighted by atomic mass is 35.5. The first-order chi connectivity index (χ1) is 14.3. The zero-order valence-electron chi connectivity index (χ0n) is 16.6. The van der Waals surface area contributed by atoms with Crippen LogP contribution in [-0.4, -0.2) is 46.6 Å². The van der Waals surface area contributed by atoms with Gasteiger partial charge >= 0.3 is 0 Å².